The Bertz CT molecular complexity index is 1220. The minimum atomic E-state index is -0.759. The zero-order valence-electron chi connectivity index (χ0n) is 21.7. The van der Waals surface area contributed by atoms with Gasteiger partial charge in [-0.2, -0.15) is 5.26 Å². The first-order chi connectivity index (χ1) is 17.2. The summed E-state index contributed by atoms with van der Waals surface area (Å²) in [6.07, 6.45) is 1.70. The van der Waals surface area contributed by atoms with Gasteiger partial charge in [-0.15, -0.1) is 0 Å². The number of unbranched alkanes of at least 4 members (excludes halogenated alkanes) is 1. The van der Waals surface area contributed by atoms with Gasteiger partial charge >= 0.3 is 6.16 Å². The fraction of sp³-hybridized carbons (Fsp3) is 0.414. The van der Waals surface area contributed by atoms with Crippen LogP contribution in [0, 0.1) is 11.3 Å². The number of ether oxygens (including phenoxy) is 2. The molecule has 0 aliphatic rings. The van der Waals surface area contributed by atoms with E-state index in [1.165, 1.54) is 0 Å². The van der Waals surface area contributed by atoms with Gasteiger partial charge in [0.25, 0.3) is 0 Å². The van der Waals surface area contributed by atoms with Crippen LogP contribution in [0.4, 0.5) is 4.79 Å². The second kappa shape index (κ2) is 11.9. The Kier molecular flexibility index (Phi) is 8.89. The van der Waals surface area contributed by atoms with Crippen molar-refractivity contribution in [2.75, 3.05) is 0 Å². The van der Waals surface area contributed by atoms with Gasteiger partial charge < -0.3 is 19.1 Å². The Hall–Kier alpha value is -3.63. The van der Waals surface area contributed by atoms with Crippen molar-refractivity contribution in [3.05, 3.63) is 71.3 Å². The number of aryl methyl sites for hydroxylation is 1. The first-order valence-corrected chi connectivity index (χ1v) is 12.4. The Morgan fingerprint density at radius 2 is 1.83 bits per heavy atom. The SMILES string of the molecule is CCCCc1nc(C(O)CC)c(C#N)n1Cc1ccc(-c2ccccc2OC(=O)OC(C)(C)C)cc1. The van der Waals surface area contributed by atoms with Crippen LogP contribution in [0.3, 0.4) is 0 Å². The molecule has 0 amide bonds. The standard InChI is InChI=1S/C29H35N3O4/c1-6-8-13-26-31-27(24(33)7-2)23(18-30)32(26)19-20-14-16-21(17-15-20)22-11-9-10-12-25(22)35-28(34)36-29(3,4)5/h9-12,14-17,24,33H,6-8,13,19H2,1-5H3. The van der Waals surface area contributed by atoms with Crippen molar-refractivity contribution < 1.29 is 19.4 Å². The largest absolute Gasteiger partial charge is 0.514 e. The Morgan fingerprint density at radius 3 is 2.44 bits per heavy atom. The van der Waals surface area contributed by atoms with E-state index in [0.29, 0.717) is 30.1 Å². The van der Waals surface area contributed by atoms with Gasteiger partial charge in [0.05, 0.1) is 6.10 Å². The maximum Gasteiger partial charge on any atom is 0.514 e. The molecule has 2 aromatic carbocycles. The average Bonchev–Trinajstić information content (AvgIpc) is 3.19. The summed E-state index contributed by atoms with van der Waals surface area (Å²) in [5.74, 6) is 1.23. The lowest BCUT2D eigenvalue weighted by Gasteiger charge is -2.19. The van der Waals surface area contributed by atoms with Gasteiger partial charge in [-0.1, -0.05) is 62.7 Å². The predicted molar refractivity (Wildman–Crippen MR) is 139 cm³/mol. The third kappa shape index (κ3) is 6.73. The number of nitriles is 1. The van der Waals surface area contributed by atoms with Crippen molar-refractivity contribution in [2.24, 2.45) is 0 Å². The lowest BCUT2D eigenvalue weighted by atomic mass is 10.0. The second-order valence-corrected chi connectivity index (χ2v) is 9.75. The van der Waals surface area contributed by atoms with Gasteiger partial charge in [0.1, 0.15) is 34.6 Å². The van der Waals surface area contributed by atoms with E-state index >= 15 is 0 Å². The van der Waals surface area contributed by atoms with E-state index in [9.17, 15) is 15.2 Å². The summed E-state index contributed by atoms with van der Waals surface area (Å²) in [6.45, 7) is 9.83. The first-order valence-electron chi connectivity index (χ1n) is 12.4. The van der Waals surface area contributed by atoms with Crippen molar-refractivity contribution in [2.45, 2.75) is 78.6 Å². The fourth-order valence-corrected chi connectivity index (χ4v) is 3.89. The molecule has 3 aromatic rings. The van der Waals surface area contributed by atoms with Crippen LogP contribution in [0.15, 0.2) is 48.5 Å². The van der Waals surface area contributed by atoms with Crippen LogP contribution in [-0.2, 0) is 17.7 Å². The van der Waals surface area contributed by atoms with Crippen molar-refractivity contribution in [1.82, 2.24) is 9.55 Å². The van der Waals surface area contributed by atoms with Crippen LogP contribution in [0.1, 0.15) is 82.8 Å². The summed E-state index contributed by atoms with van der Waals surface area (Å²) in [7, 11) is 0. The minimum absolute atomic E-state index is 0.413. The molecule has 0 saturated carbocycles. The third-order valence-corrected chi connectivity index (χ3v) is 5.71. The van der Waals surface area contributed by atoms with E-state index in [0.717, 1.165) is 41.8 Å². The smallest absolute Gasteiger partial charge is 0.428 e. The second-order valence-electron chi connectivity index (χ2n) is 9.75. The van der Waals surface area contributed by atoms with E-state index in [4.69, 9.17) is 9.47 Å². The average molecular weight is 490 g/mol. The highest BCUT2D eigenvalue weighted by Crippen LogP contribution is 2.31. The molecule has 0 radical (unpaired) electrons. The molecule has 0 saturated heterocycles. The van der Waals surface area contributed by atoms with Gasteiger partial charge in [0, 0.05) is 18.5 Å². The molecule has 1 aromatic heterocycles. The van der Waals surface area contributed by atoms with Gasteiger partial charge in [-0.05, 0) is 50.8 Å². The third-order valence-electron chi connectivity index (χ3n) is 5.71. The molecule has 0 aliphatic heterocycles. The molecule has 1 unspecified atom stereocenters. The lowest BCUT2D eigenvalue weighted by molar-refractivity contribution is 0.0207. The molecule has 1 heterocycles. The summed E-state index contributed by atoms with van der Waals surface area (Å²) in [6, 6.07) is 17.5. The van der Waals surface area contributed by atoms with Crippen LogP contribution in [0.2, 0.25) is 0 Å². The van der Waals surface area contributed by atoms with Gasteiger partial charge in [0.2, 0.25) is 0 Å². The lowest BCUT2D eigenvalue weighted by Crippen LogP contribution is -2.26. The number of para-hydroxylation sites is 1. The Morgan fingerprint density at radius 1 is 1.14 bits per heavy atom. The van der Waals surface area contributed by atoms with E-state index in [2.05, 4.69) is 18.0 Å². The molecule has 36 heavy (non-hydrogen) atoms. The highest BCUT2D eigenvalue weighted by atomic mass is 16.7. The Labute approximate surface area is 213 Å². The maximum atomic E-state index is 12.2. The van der Waals surface area contributed by atoms with E-state index < -0.39 is 17.9 Å². The van der Waals surface area contributed by atoms with Crippen molar-refractivity contribution >= 4 is 6.16 Å². The molecular formula is C29H35N3O4. The van der Waals surface area contributed by atoms with Crippen LogP contribution >= 0.6 is 0 Å². The number of aromatic nitrogens is 2. The highest BCUT2D eigenvalue weighted by Gasteiger charge is 2.22. The molecule has 0 spiro atoms. The molecule has 190 valence electrons. The number of nitrogens with zero attached hydrogens (tertiary/aromatic N) is 3. The highest BCUT2D eigenvalue weighted by molar-refractivity contribution is 5.75. The van der Waals surface area contributed by atoms with Gasteiger partial charge in [-0.25, -0.2) is 9.78 Å². The maximum absolute atomic E-state index is 12.2. The van der Waals surface area contributed by atoms with Crippen molar-refractivity contribution in [1.29, 1.82) is 5.26 Å². The molecule has 1 N–H and O–H groups in total. The molecule has 1 atom stereocenters. The minimum Gasteiger partial charge on any atom is -0.428 e. The van der Waals surface area contributed by atoms with Gasteiger partial charge in [-0.3, -0.25) is 0 Å². The van der Waals surface area contributed by atoms with E-state index in [1.54, 1.807) is 32.9 Å². The normalized spacial score (nSPS) is 12.1. The summed E-state index contributed by atoms with van der Waals surface area (Å²) < 4.78 is 12.7. The number of hydrogen-bond donors (Lipinski definition) is 1. The molecular weight excluding hydrogens is 454 g/mol. The van der Waals surface area contributed by atoms with Crippen LogP contribution in [0.5, 0.6) is 5.75 Å². The molecule has 7 heteroatoms. The number of imidazole rings is 1. The molecule has 0 aliphatic carbocycles. The molecule has 7 nitrogen and oxygen atoms in total. The molecule has 0 bridgehead atoms. The van der Waals surface area contributed by atoms with Crippen LogP contribution in [0.25, 0.3) is 11.1 Å². The number of hydrogen-bond acceptors (Lipinski definition) is 6. The van der Waals surface area contributed by atoms with E-state index in [-0.39, 0.29) is 0 Å². The summed E-state index contributed by atoms with van der Waals surface area (Å²) in [5, 5.41) is 20.3. The first kappa shape index (κ1) is 27.0. The number of aliphatic hydroxyl groups is 1. The van der Waals surface area contributed by atoms with E-state index in [1.807, 2.05) is 47.9 Å². The Balaban J connectivity index is 1.87. The molecule has 0 fully saturated rings. The summed E-state index contributed by atoms with van der Waals surface area (Å²) >= 11 is 0. The fourth-order valence-electron chi connectivity index (χ4n) is 3.89. The summed E-state index contributed by atoms with van der Waals surface area (Å²) in [5.41, 5.74) is 2.87. The quantitative estimate of drug-likeness (QED) is 0.270. The number of aliphatic hydroxyl groups excluding tert-OH is 1. The summed E-state index contributed by atoms with van der Waals surface area (Å²) in [4.78, 5) is 16.9. The number of carbonyl (C=O) groups is 1. The van der Waals surface area contributed by atoms with Crippen molar-refractivity contribution in [3.8, 4) is 22.9 Å². The number of rotatable bonds is 9. The topological polar surface area (TPSA) is 97.4 Å². The number of carbonyl (C=O) groups excluding carboxylic acids is 1. The van der Waals surface area contributed by atoms with Gasteiger partial charge in [0.15, 0.2) is 0 Å². The van der Waals surface area contributed by atoms with Crippen LogP contribution < -0.4 is 4.74 Å². The van der Waals surface area contributed by atoms with Crippen LogP contribution in [-0.4, -0.2) is 26.4 Å². The molecule has 3 rings (SSSR count). The monoisotopic (exact) mass is 489 g/mol. The zero-order valence-corrected chi connectivity index (χ0v) is 21.7. The van der Waals surface area contributed by atoms with Crippen molar-refractivity contribution in [3.63, 3.8) is 0 Å². The zero-order chi connectivity index (χ0) is 26.3. The number of benzene rings is 2. The predicted octanol–water partition coefficient (Wildman–Crippen LogP) is 6.57.